The Kier molecular flexibility index (Phi) is 2.71. The van der Waals surface area contributed by atoms with Gasteiger partial charge in [0.2, 0.25) is 0 Å². The van der Waals surface area contributed by atoms with Gasteiger partial charge in [0.1, 0.15) is 6.33 Å². The van der Waals surface area contributed by atoms with Crippen molar-refractivity contribution >= 4 is 11.9 Å². The smallest absolute Gasteiger partial charge is 0.105 e. The number of imidazole rings is 1. The Morgan fingerprint density at radius 3 is 2.75 bits per heavy atom. The predicted octanol–water partition coefficient (Wildman–Crippen LogP) is 2.71. The van der Waals surface area contributed by atoms with Gasteiger partial charge in [-0.05, 0) is 24.8 Å². The second-order valence-electron chi connectivity index (χ2n) is 3.29. The fraction of sp³-hybridized carbons (Fsp3) is 0.667. The Labute approximate surface area is 77.5 Å². The summed E-state index contributed by atoms with van der Waals surface area (Å²) in [5.74, 6) is 0. The molecule has 0 bridgehead atoms. The van der Waals surface area contributed by atoms with Crippen LogP contribution in [0.2, 0.25) is 0 Å². The topological polar surface area (TPSA) is 17.8 Å². The molecule has 1 aromatic heterocycles. The van der Waals surface area contributed by atoms with E-state index in [0.717, 1.165) is 5.25 Å². The zero-order valence-corrected chi connectivity index (χ0v) is 7.96. The van der Waals surface area contributed by atoms with E-state index in [1.807, 2.05) is 30.7 Å². The fourth-order valence-electron chi connectivity index (χ4n) is 1.65. The van der Waals surface area contributed by atoms with Gasteiger partial charge in [0.25, 0.3) is 0 Å². The van der Waals surface area contributed by atoms with E-state index in [-0.39, 0.29) is 0 Å². The number of rotatable bonds is 2. The molecule has 66 valence electrons. The van der Waals surface area contributed by atoms with Gasteiger partial charge in [-0.3, -0.25) is 3.97 Å². The Hall–Kier alpha value is -0.440. The van der Waals surface area contributed by atoms with Gasteiger partial charge in [0.15, 0.2) is 0 Å². The van der Waals surface area contributed by atoms with E-state index in [1.54, 1.807) is 0 Å². The molecule has 0 spiro atoms. The fourth-order valence-corrected chi connectivity index (χ4v) is 2.77. The first-order valence-electron chi connectivity index (χ1n) is 4.60. The summed E-state index contributed by atoms with van der Waals surface area (Å²) in [6.07, 6.45) is 12.8. The second-order valence-corrected chi connectivity index (χ2v) is 4.59. The van der Waals surface area contributed by atoms with Crippen LogP contribution in [0.1, 0.15) is 32.1 Å². The summed E-state index contributed by atoms with van der Waals surface area (Å²) in [7, 11) is 0. The maximum Gasteiger partial charge on any atom is 0.105 e. The van der Waals surface area contributed by atoms with Gasteiger partial charge in [-0.2, -0.15) is 0 Å². The monoisotopic (exact) mass is 182 g/mol. The van der Waals surface area contributed by atoms with Gasteiger partial charge >= 0.3 is 0 Å². The van der Waals surface area contributed by atoms with Gasteiger partial charge in [-0.15, -0.1) is 0 Å². The van der Waals surface area contributed by atoms with Gasteiger partial charge in [-0.1, -0.05) is 19.3 Å². The van der Waals surface area contributed by atoms with Crippen molar-refractivity contribution in [3.63, 3.8) is 0 Å². The van der Waals surface area contributed by atoms with Crippen LogP contribution in [0.4, 0.5) is 0 Å². The van der Waals surface area contributed by atoms with Crippen molar-refractivity contribution in [2.24, 2.45) is 0 Å². The summed E-state index contributed by atoms with van der Waals surface area (Å²) in [6.45, 7) is 0. The van der Waals surface area contributed by atoms with Crippen molar-refractivity contribution < 1.29 is 0 Å². The molecule has 0 saturated heterocycles. The summed E-state index contributed by atoms with van der Waals surface area (Å²) < 4.78 is 2.12. The highest BCUT2D eigenvalue weighted by Gasteiger charge is 2.14. The van der Waals surface area contributed by atoms with Crippen molar-refractivity contribution in [2.75, 3.05) is 0 Å². The molecule has 1 fully saturated rings. The van der Waals surface area contributed by atoms with E-state index in [0.29, 0.717) is 0 Å². The van der Waals surface area contributed by atoms with Crippen LogP contribution in [0.5, 0.6) is 0 Å². The van der Waals surface area contributed by atoms with Crippen LogP contribution in [-0.4, -0.2) is 14.2 Å². The van der Waals surface area contributed by atoms with E-state index in [1.165, 1.54) is 32.1 Å². The molecule has 0 amide bonds. The quantitative estimate of drug-likeness (QED) is 0.700. The van der Waals surface area contributed by atoms with Crippen LogP contribution < -0.4 is 0 Å². The van der Waals surface area contributed by atoms with Crippen LogP contribution in [0, 0.1) is 0 Å². The SMILES string of the molecule is c1cn(SC2CCCCC2)cn1. The lowest BCUT2D eigenvalue weighted by Gasteiger charge is -2.20. The number of nitrogens with zero attached hydrogens (tertiary/aromatic N) is 2. The summed E-state index contributed by atoms with van der Waals surface area (Å²) in [5, 5.41) is 0.827. The van der Waals surface area contributed by atoms with Gasteiger partial charge in [-0.25, -0.2) is 4.98 Å². The first kappa shape index (κ1) is 8.17. The normalized spacial score (nSPS) is 19.7. The zero-order valence-electron chi connectivity index (χ0n) is 7.15. The maximum absolute atomic E-state index is 4.03. The Balaban J connectivity index is 1.86. The number of aromatic nitrogens is 2. The summed E-state index contributed by atoms with van der Waals surface area (Å²) in [5.41, 5.74) is 0. The molecule has 0 unspecified atom stereocenters. The highest BCUT2D eigenvalue weighted by atomic mass is 32.2. The van der Waals surface area contributed by atoms with Crippen LogP contribution in [0.15, 0.2) is 18.7 Å². The average molecular weight is 182 g/mol. The molecular formula is C9H14N2S. The van der Waals surface area contributed by atoms with Gasteiger partial charge in [0, 0.05) is 17.6 Å². The first-order chi connectivity index (χ1) is 5.95. The standard InChI is InChI=1S/C9H14N2S/c1-2-4-9(5-3-1)12-11-7-6-10-8-11/h6-9H,1-5H2. The highest BCUT2D eigenvalue weighted by Crippen LogP contribution is 2.28. The minimum absolute atomic E-state index is 0.827. The van der Waals surface area contributed by atoms with Crippen molar-refractivity contribution in [1.29, 1.82) is 0 Å². The maximum atomic E-state index is 4.03. The van der Waals surface area contributed by atoms with Crippen LogP contribution in [0.3, 0.4) is 0 Å². The molecule has 2 nitrogen and oxygen atoms in total. The highest BCUT2D eigenvalue weighted by molar-refractivity contribution is 7.98. The molecular weight excluding hydrogens is 168 g/mol. The molecule has 0 aromatic carbocycles. The molecule has 1 aliphatic carbocycles. The third kappa shape index (κ3) is 2.03. The lowest BCUT2D eigenvalue weighted by atomic mass is 10.0. The molecule has 1 saturated carbocycles. The van der Waals surface area contributed by atoms with Crippen LogP contribution in [-0.2, 0) is 0 Å². The molecule has 0 N–H and O–H groups in total. The molecule has 0 atom stereocenters. The van der Waals surface area contributed by atoms with Crippen molar-refractivity contribution in [1.82, 2.24) is 8.96 Å². The van der Waals surface area contributed by atoms with E-state index in [9.17, 15) is 0 Å². The summed E-state index contributed by atoms with van der Waals surface area (Å²) in [4.78, 5) is 4.03. The second kappa shape index (κ2) is 3.99. The molecule has 0 aliphatic heterocycles. The molecule has 3 heteroatoms. The molecule has 2 rings (SSSR count). The molecule has 1 aromatic rings. The van der Waals surface area contributed by atoms with E-state index >= 15 is 0 Å². The number of hydrogen-bond acceptors (Lipinski definition) is 2. The van der Waals surface area contributed by atoms with E-state index < -0.39 is 0 Å². The molecule has 12 heavy (non-hydrogen) atoms. The Bertz CT molecular complexity index is 214. The third-order valence-electron chi connectivity index (χ3n) is 2.30. The minimum Gasteiger partial charge on any atom is -0.280 e. The van der Waals surface area contributed by atoms with E-state index in [4.69, 9.17) is 0 Å². The number of hydrogen-bond donors (Lipinski definition) is 0. The summed E-state index contributed by atoms with van der Waals surface area (Å²) >= 11 is 1.93. The average Bonchev–Trinajstić information content (AvgIpc) is 2.59. The van der Waals surface area contributed by atoms with Gasteiger partial charge in [0.05, 0.1) is 0 Å². The Morgan fingerprint density at radius 1 is 1.25 bits per heavy atom. The summed E-state index contributed by atoms with van der Waals surface area (Å²) in [6, 6.07) is 0. The Morgan fingerprint density at radius 2 is 2.08 bits per heavy atom. The lowest BCUT2D eigenvalue weighted by Crippen LogP contribution is -2.09. The van der Waals surface area contributed by atoms with Crippen molar-refractivity contribution in [3.05, 3.63) is 18.7 Å². The van der Waals surface area contributed by atoms with Gasteiger partial charge < -0.3 is 0 Å². The van der Waals surface area contributed by atoms with Crippen molar-refractivity contribution in [2.45, 2.75) is 37.4 Å². The van der Waals surface area contributed by atoms with Crippen LogP contribution >= 0.6 is 11.9 Å². The molecule has 1 aliphatic rings. The molecule has 1 heterocycles. The third-order valence-corrected chi connectivity index (χ3v) is 3.53. The van der Waals surface area contributed by atoms with E-state index in [2.05, 4.69) is 8.96 Å². The van der Waals surface area contributed by atoms with Crippen LogP contribution in [0.25, 0.3) is 0 Å². The largest absolute Gasteiger partial charge is 0.280 e. The first-order valence-corrected chi connectivity index (χ1v) is 5.44. The zero-order chi connectivity index (χ0) is 8.23. The molecule has 0 radical (unpaired) electrons. The lowest BCUT2D eigenvalue weighted by molar-refractivity contribution is 0.515. The minimum atomic E-state index is 0.827. The van der Waals surface area contributed by atoms with Crippen molar-refractivity contribution in [3.8, 4) is 0 Å². The predicted molar refractivity (Wildman–Crippen MR) is 52.1 cm³/mol.